The third kappa shape index (κ3) is 4.70. The molecule has 0 amide bonds. The molecule has 1 saturated heterocycles. The van der Waals surface area contributed by atoms with Crippen molar-refractivity contribution in [3.63, 3.8) is 0 Å². The molecule has 0 aliphatic carbocycles. The average molecular weight is 271 g/mol. The van der Waals surface area contributed by atoms with Gasteiger partial charge in [0.2, 0.25) is 0 Å². The van der Waals surface area contributed by atoms with E-state index in [9.17, 15) is 22.8 Å². The minimum atomic E-state index is -5.08. The molecule has 0 aromatic rings. The van der Waals surface area contributed by atoms with Crippen molar-refractivity contribution in [1.82, 2.24) is 5.32 Å². The minimum Gasteiger partial charge on any atom is -0.475 e. The van der Waals surface area contributed by atoms with Gasteiger partial charge >= 0.3 is 18.1 Å². The van der Waals surface area contributed by atoms with Crippen LogP contribution in [0, 0.1) is 5.92 Å². The van der Waals surface area contributed by atoms with Gasteiger partial charge in [0.1, 0.15) is 6.04 Å². The number of ether oxygens (including phenoxy) is 1. The van der Waals surface area contributed by atoms with Gasteiger partial charge in [-0.3, -0.25) is 14.9 Å². The molecule has 1 rings (SSSR count). The lowest BCUT2D eigenvalue weighted by Gasteiger charge is -2.10. The number of hydrogen-bond donors (Lipinski definition) is 2. The number of ketones is 1. The maximum absolute atomic E-state index is 10.9. The molecular weight excluding hydrogens is 259 g/mol. The second-order valence-corrected chi connectivity index (χ2v) is 3.44. The Kier molecular flexibility index (Phi) is 5.76. The van der Waals surface area contributed by atoms with Crippen molar-refractivity contribution < 1.29 is 37.4 Å². The zero-order chi connectivity index (χ0) is 14.5. The van der Waals surface area contributed by atoms with Gasteiger partial charge in [0.25, 0.3) is 0 Å². The Morgan fingerprint density at radius 1 is 1.44 bits per heavy atom. The number of carboxylic acid groups (broad SMARTS) is 1. The number of carboxylic acids is 1. The lowest BCUT2D eigenvalue weighted by Crippen LogP contribution is -2.35. The van der Waals surface area contributed by atoms with Gasteiger partial charge in [-0.05, 0) is 0 Å². The predicted molar refractivity (Wildman–Crippen MR) is 51.7 cm³/mol. The number of esters is 1. The molecule has 2 N–H and O–H groups in total. The summed E-state index contributed by atoms with van der Waals surface area (Å²) in [5.74, 6) is -3.29. The fourth-order valence-electron chi connectivity index (χ4n) is 1.15. The Morgan fingerprint density at radius 2 is 1.89 bits per heavy atom. The van der Waals surface area contributed by atoms with Gasteiger partial charge in [0.15, 0.2) is 5.78 Å². The number of alkyl halides is 3. The topological polar surface area (TPSA) is 92.7 Å². The highest BCUT2D eigenvalue weighted by atomic mass is 19.4. The third-order valence-electron chi connectivity index (χ3n) is 2.20. The van der Waals surface area contributed by atoms with E-state index in [1.54, 1.807) is 6.92 Å². The highest BCUT2D eigenvalue weighted by Gasteiger charge is 2.38. The molecule has 0 aromatic carbocycles. The van der Waals surface area contributed by atoms with Gasteiger partial charge in [0, 0.05) is 5.92 Å². The molecule has 6 nitrogen and oxygen atoms in total. The minimum absolute atomic E-state index is 0.0698. The van der Waals surface area contributed by atoms with Crippen LogP contribution in [-0.4, -0.2) is 48.7 Å². The Hall–Kier alpha value is -1.64. The van der Waals surface area contributed by atoms with E-state index >= 15 is 0 Å². The summed E-state index contributed by atoms with van der Waals surface area (Å²) in [6.45, 7) is 2.00. The van der Waals surface area contributed by atoms with Crippen LogP contribution in [0.1, 0.15) is 6.92 Å². The average Bonchev–Trinajstić information content (AvgIpc) is 2.58. The van der Waals surface area contributed by atoms with Crippen LogP contribution in [-0.2, 0) is 19.1 Å². The number of Topliss-reactive ketones (excluding diaryl/α,β-unsaturated/α-hetero) is 1. The number of carbonyl (C=O) groups is 3. The van der Waals surface area contributed by atoms with Crippen LogP contribution in [0.5, 0.6) is 0 Å². The first kappa shape index (κ1) is 16.4. The Bertz CT molecular complexity index is 342. The van der Waals surface area contributed by atoms with Crippen molar-refractivity contribution in [2.24, 2.45) is 5.92 Å². The first-order chi connectivity index (χ1) is 8.11. The van der Waals surface area contributed by atoms with Crippen LogP contribution in [0.2, 0.25) is 0 Å². The molecule has 1 aliphatic heterocycles. The van der Waals surface area contributed by atoms with E-state index in [2.05, 4.69) is 10.1 Å². The molecule has 9 heteroatoms. The van der Waals surface area contributed by atoms with Crippen molar-refractivity contribution in [3.05, 3.63) is 0 Å². The highest BCUT2D eigenvalue weighted by molar-refractivity contribution is 5.93. The van der Waals surface area contributed by atoms with Crippen molar-refractivity contribution in [3.8, 4) is 0 Å². The van der Waals surface area contributed by atoms with E-state index in [4.69, 9.17) is 9.90 Å². The number of nitrogens with one attached hydrogen (secondary N) is 1. The zero-order valence-electron chi connectivity index (χ0n) is 9.58. The molecule has 0 radical (unpaired) electrons. The largest absolute Gasteiger partial charge is 0.490 e. The van der Waals surface area contributed by atoms with Crippen LogP contribution in [0.4, 0.5) is 13.2 Å². The van der Waals surface area contributed by atoms with Crippen molar-refractivity contribution in [2.75, 3.05) is 13.7 Å². The SMILES string of the molecule is COC(=O)[C@H]1NCC(=O)C1C.O=C(O)C(F)(F)F. The van der Waals surface area contributed by atoms with Crippen molar-refractivity contribution in [1.29, 1.82) is 0 Å². The molecule has 104 valence electrons. The summed E-state index contributed by atoms with van der Waals surface area (Å²) >= 11 is 0. The van der Waals surface area contributed by atoms with E-state index < -0.39 is 18.2 Å². The molecule has 18 heavy (non-hydrogen) atoms. The highest BCUT2D eigenvalue weighted by Crippen LogP contribution is 2.13. The zero-order valence-corrected chi connectivity index (χ0v) is 9.58. The van der Waals surface area contributed by atoms with Crippen molar-refractivity contribution >= 4 is 17.7 Å². The van der Waals surface area contributed by atoms with E-state index in [1.807, 2.05) is 0 Å². The molecule has 0 bridgehead atoms. The lowest BCUT2D eigenvalue weighted by atomic mass is 10.0. The third-order valence-corrected chi connectivity index (χ3v) is 2.20. The van der Waals surface area contributed by atoms with E-state index in [0.29, 0.717) is 0 Å². The normalized spacial score (nSPS) is 23.1. The molecule has 1 heterocycles. The van der Waals surface area contributed by atoms with Gasteiger partial charge in [0.05, 0.1) is 13.7 Å². The fraction of sp³-hybridized carbons (Fsp3) is 0.667. The lowest BCUT2D eigenvalue weighted by molar-refractivity contribution is -0.192. The van der Waals surface area contributed by atoms with Gasteiger partial charge in [-0.15, -0.1) is 0 Å². The maximum Gasteiger partial charge on any atom is 0.490 e. The fourth-order valence-corrected chi connectivity index (χ4v) is 1.15. The quantitative estimate of drug-likeness (QED) is 0.651. The van der Waals surface area contributed by atoms with Crippen molar-refractivity contribution in [2.45, 2.75) is 19.1 Å². The number of halogens is 3. The van der Waals surface area contributed by atoms with Crippen LogP contribution in [0.25, 0.3) is 0 Å². The van der Waals surface area contributed by atoms with Crippen LogP contribution >= 0.6 is 0 Å². The summed E-state index contributed by atoms with van der Waals surface area (Å²) in [5.41, 5.74) is 0. The van der Waals surface area contributed by atoms with E-state index in [1.165, 1.54) is 7.11 Å². The summed E-state index contributed by atoms with van der Waals surface area (Å²) in [6.07, 6.45) is -5.08. The molecule has 0 aromatic heterocycles. The molecule has 2 atom stereocenters. The Morgan fingerprint density at radius 3 is 2.11 bits per heavy atom. The molecule has 0 saturated carbocycles. The molecule has 1 unspecified atom stereocenters. The van der Waals surface area contributed by atoms with Gasteiger partial charge < -0.3 is 9.84 Å². The van der Waals surface area contributed by atoms with Crippen LogP contribution < -0.4 is 5.32 Å². The monoisotopic (exact) mass is 271 g/mol. The predicted octanol–water partition coefficient (Wildman–Crippen LogP) is -0.0303. The summed E-state index contributed by atoms with van der Waals surface area (Å²) in [5, 5.41) is 9.91. The Balaban J connectivity index is 0.000000360. The molecule has 1 aliphatic rings. The van der Waals surface area contributed by atoms with Gasteiger partial charge in [-0.1, -0.05) is 6.92 Å². The number of rotatable bonds is 1. The summed E-state index contributed by atoms with van der Waals surface area (Å²) in [7, 11) is 1.32. The van der Waals surface area contributed by atoms with Crippen LogP contribution in [0.3, 0.4) is 0 Å². The van der Waals surface area contributed by atoms with Crippen LogP contribution in [0.15, 0.2) is 0 Å². The number of hydrogen-bond acceptors (Lipinski definition) is 5. The molecule has 0 spiro atoms. The van der Waals surface area contributed by atoms with E-state index in [-0.39, 0.29) is 24.2 Å². The summed E-state index contributed by atoms with van der Waals surface area (Å²) in [6, 6.07) is -0.438. The maximum atomic E-state index is 10.9. The number of methoxy groups -OCH3 is 1. The second-order valence-electron chi connectivity index (χ2n) is 3.44. The Labute approximate surface area is 100 Å². The van der Waals surface area contributed by atoms with E-state index in [0.717, 1.165) is 0 Å². The summed E-state index contributed by atoms with van der Waals surface area (Å²) in [4.78, 5) is 30.8. The smallest absolute Gasteiger partial charge is 0.475 e. The van der Waals surface area contributed by atoms with Gasteiger partial charge in [-0.2, -0.15) is 13.2 Å². The summed E-state index contributed by atoms with van der Waals surface area (Å²) < 4.78 is 36.2. The standard InChI is InChI=1S/C7H11NO3.C2HF3O2/c1-4-5(9)3-8-6(4)7(10)11-2;3-2(4,5)1(6)7/h4,6,8H,3H2,1-2H3;(H,6,7)/t4?,6-;/m0./s1. The second kappa shape index (κ2) is 6.34. The molecular formula is C9H12F3NO5. The number of aliphatic carboxylic acids is 1. The molecule has 1 fully saturated rings. The van der Waals surface area contributed by atoms with Gasteiger partial charge in [-0.25, -0.2) is 4.79 Å². The first-order valence-electron chi connectivity index (χ1n) is 4.75. The number of carbonyl (C=O) groups excluding carboxylic acids is 2. The first-order valence-corrected chi connectivity index (χ1v) is 4.75.